The zero-order valence-electron chi connectivity index (χ0n) is 5.07. The van der Waals surface area contributed by atoms with Crippen molar-refractivity contribution in [1.29, 1.82) is 0 Å². The smallest absolute Gasteiger partial charge is 0.335 e. The molecule has 58 valence electrons. The molecule has 0 unspecified atom stereocenters. The van der Waals surface area contributed by atoms with Gasteiger partial charge in [-0.2, -0.15) is 0 Å². The van der Waals surface area contributed by atoms with E-state index < -0.39 is 18.8 Å². The summed E-state index contributed by atoms with van der Waals surface area (Å²) >= 11 is 0. The number of nitrogens with two attached hydrogens (primary N) is 2. The number of carbonyl (C=O) groups excluding carboxylic acids is 2. The first-order chi connectivity index (χ1) is 4.57. The maximum Gasteiger partial charge on any atom is 0.335 e. The van der Waals surface area contributed by atoms with E-state index in [4.69, 9.17) is 5.11 Å². The maximum absolute atomic E-state index is 10.2. The number of rotatable bonds is 1. The number of urea groups is 2. The Labute approximate surface area is 56.5 Å². The molecule has 0 radical (unpaired) electrons. The first-order valence-electron chi connectivity index (χ1n) is 2.32. The Morgan fingerprint density at radius 3 is 2.10 bits per heavy atom. The van der Waals surface area contributed by atoms with E-state index in [-0.39, 0.29) is 0 Å². The number of hydrogen-bond donors (Lipinski definition) is 4. The Balaban J connectivity index is 3.83. The van der Waals surface area contributed by atoms with E-state index in [0.29, 0.717) is 5.01 Å². The van der Waals surface area contributed by atoms with Gasteiger partial charge in [-0.3, -0.25) is 0 Å². The molecule has 4 amide bonds. The molecule has 0 saturated carbocycles. The molecular formula is C3H8N4O3. The van der Waals surface area contributed by atoms with Gasteiger partial charge in [0.15, 0.2) is 0 Å². The van der Waals surface area contributed by atoms with Crippen LogP contribution in [-0.2, 0) is 0 Å². The van der Waals surface area contributed by atoms with Crippen LogP contribution in [0.2, 0.25) is 0 Å². The van der Waals surface area contributed by atoms with Gasteiger partial charge >= 0.3 is 12.1 Å². The van der Waals surface area contributed by atoms with Crippen LogP contribution in [0, 0.1) is 0 Å². The minimum atomic E-state index is -0.985. The van der Waals surface area contributed by atoms with Crippen LogP contribution in [0.3, 0.4) is 0 Å². The number of hydrazine groups is 1. The highest BCUT2D eigenvalue weighted by Crippen LogP contribution is 1.75. The van der Waals surface area contributed by atoms with Crippen molar-refractivity contribution in [2.24, 2.45) is 11.5 Å². The van der Waals surface area contributed by atoms with Gasteiger partial charge in [-0.25, -0.2) is 20.0 Å². The minimum Gasteiger partial charge on any atom is -0.374 e. The SMILES string of the molecule is NC(=O)NN(CO)C(N)=O. The van der Waals surface area contributed by atoms with Gasteiger partial charge in [0.2, 0.25) is 0 Å². The second kappa shape index (κ2) is 3.51. The van der Waals surface area contributed by atoms with E-state index >= 15 is 0 Å². The van der Waals surface area contributed by atoms with E-state index in [0.717, 1.165) is 0 Å². The van der Waals surface area contributed by atoms with Crippen LogP contribution in [-0.4, -0.2) is 28.9 Å². The van der Waals surface area contributed by atoms with E-state index in [2.05, 4.69) is 11.5 Å². The summed E-state index contributed by atoms with van der Waals surface area (Å²) < 4.78 is 0. The maximum atomic E-state index is 10.2. The lowest BCUT2D eigenvalue weighted by Crippen LogP contribution is -2.51. The van der Waals surface area contributed by atoms with Gasteiger partial charge in [0.05, 0.1) is 0 Å². The van der Waals surface area contributed by atoms with Gasteiger partial charge in [0.25, 0.3) is 0 Å². The first kappa shape index (κ1) is 8.50. The van der Waals surface area contributed by atoms with Gasteiger partial charge in [0, 0.05) is 0 Å². The third-order valence-electron chi connectivity index (χ3n) is 0.653. The van der Waals surface area contributed by atoms with Crippen molar-refractivity contribution in [2.45, 2.75) is 0 Å². The number of hydrogen-bond acceptors (Lipinski definition) is 3. The molecule has 7 nitrogen and oxygen atoms in total. The number of nitrogens with one attached hydrogen (secondary N) is 1. The summed E-state index contributed by atoms with van der Waals surface area (Å²) in [5.41, 5.74) is 11.0. The molecule has 0 heterocycles. The van der Waals surface area contributed by atoms with E-state index in [1.54, 1.807) is 5.43 Å². The average molecular weight is 148 g/mol. The first-order valence-corrected chi connectivity index (χ1v) is 2.32. The van der Waals surface area contributed by atoms with Crippen LogP contribution < -0.4 is 16.9 Å². The van der Waals surface area contributed by atoms with Crippen LogP contribution in [0.15, 0.2) is 0 Å². The fourth-order valence-corrected chi connectivity index (χ4v) is 0.293. The van der Waals surface area contributed by atoms with Gasteiger partial charge in [-0.15, -0.1) is 0 Å². The van der Waals surface area contributed by atoms with Crippen LogP contribution in [0.25, 0.3) is 0 Å². The lowest BCUT2D eigenvalue weighted by Gasteiger charge is -2.15. The molecular weight excluding hydrogens is 140 g/mol. The lowest BCUT2D eigenvalue weighted by atomic mass is 10.9. The quantitative estimate of drug-likeness (QED) is 0.251. The Morgan fingerprint density at radius 2 is 2.00 bits per heavy atom. The summed E-state index contributed by atoms with van der Waals surface area (Å²) in [5.74, 6) is 0. The largest absolute Gasteiger partial charge is 0.374 e. The summed E-state index contributed by atoms with van der Waals surface area (Å²) in [4.78, 5) is 20.2. The fraction of sp³-hybridized carbons (Fsp3) is 0.333. The standard InChI is InChI=1S/C3H8N4O3/c4-2(9)6-7(1-8)3(5)10/h8H,1H2,(H2,5,10)(H3,4,6,9). The second-order valence-electron chi connectivity index (χ2n) is 1.38. The van der Waals surface area contributed by atoms with Crippen LogP contribution in [0.5, 0.6) is 0 Å². The van der Waals surface area contributed by atoms with Crippen LogP contribution >= 0.6 is 0 Å². The van der Waals surface area contributed by atoms with Crippen molar-refractivity contribution in [3.63, 3.8) is 0 Å². The van der Waals surface area contributed by atoms with Crippen molar-refractivity contribution in [1.82, 2.24) is 10.4 Å². The van der Waals surface area contributed by atoms with Gasteiger partial charge in [-0.05, 0) is 0 Å². The molecule has 0 spiro atoms. The highest BCUT2D eigenvalue weighted by molar-refractivity contribution is 5.77. The summed E-state index contributed by atoms with van der Waals surface area (Å²) in [6, 6.07) is -1.95. The molecule has 0 saturated heterocycles. The van der Waals surface area contributed by atoms with E-state index in [1.807, 2.05) is 0 Å². The number of amides is 4. The van der Waals surface area contributed by atoms with Gasteiger partial charge in [0.1, 0.15) is 6.73 Å². The predicted molar refractivity (Wildman–Crippen MR) is 31.2 cm³/mol. The molecule has 0 bridgehead atoms. The van der Waals surface area contributed by atoms with Crippen molar-refractivity contribution in [3.05, 3.63) is 0 Å². The minimum absolute atomic E-state index is 0.461. The number of nitrogens with zero attached hydrogens (tertiary/aromatic N) is 1. The molecule has 0 aliphatic carbocycles. The van der Waals surface area contributed by atoms with E-state index in [9.17, 15) is 9.59 Å². The second-order valence-corrected chi connectivity index (χ2v) is 1.38. The molecule has 0 aromatic carbocycles. The predicted octanol–water partition coefficient (Wildman–Crippen LogP) is -2.10. The summed E-state index contributed by atoms with van der Waals surface area (Å²) in [5, 5.41) is 8.76. The Bertz CT molecular complexity index is 147. The van der Waals surface area contributed by atoms with Crippen molar-refractivity contribution >= 4 is 12.1 Å². The van der Waals surface area contributed by atoms with Crippen molar-refractivity contribution < 1.29 is 14.7 Å². The number of aliphatic hydroxyl groups excluding tert-OH is 1. The Morgan fingerprint density at radius 1 is 1.50 bits per heavy atom. The fourth-order valence-electron chi connectivity index (χ4n) is 0.293. The molecule has 0 aliphatic rings. The van der Waals surface area contributed by atoms with Crippen LogP contribution in [0.1, 0.15) is 0 Å². The van der Waals surface area contributed by atoms with Crippen molar-refractivity contribution in [2.75, 3.05) is 6.73 Å². The zero-order chi connectivity index (χ0) is 8.15. The van der Waals surface area contributed by atoms with Crippen LogP contribution in [0.4, 0.5) is 9.59 Å². The van der Waals surface area contributed by atoms with Gasteiger partial charge in [-0.1, -0.05) is 0 Å². The normalized spacial score (nSPS) is 8.50. The molecule has 10 heavy (non-hydrogen) atoms. The molecule has 0 aromatic rings. The topological polar surface area (TPSA) is 122 Å². The number of primary amides is 2. The molecule has 6 N–H and O–H groups in total. The van der Waals surface area contributed by atoms with E-state index in [1.165, 1.54) is 0 Å². The average Bonchev–Trinajstić information content (AvgIpc) is 1.81. The molecule has 0 atom stereocenters. The number of aliphatic hydroxyl groups is 1. The molecule has 0 aliphatic heterocycles. The number of carbonyl (C=O) groups is 2. The lowest BCUT2D eigenvalue weighted by molar-refractivity contribution is 0.100. The monoisotopic (exact) mass is 148 g/mol. The Kier molecular flexibility index (Phi) is 2.98. The summed E-state index contributed by atoms with van der Waals surface area (Å²) in [7, 11) is 0. The Hall–Kier alpha value is -1.50. The molecule has 0 aromatic heterocycles. The third-order valence-corrected chi connectivity index (χ3v) is 0.653. The molecule has 0 fully saturated rings. The van der Waals surface area contributed by atoms with Gasteiger partial charge < -0.3 is 16.6 Å². The van der Waals surface area contributed by atoms with Crippen molar-refractivity contribution in [3.8, 4) is 0 Å². The summed E-state index contributed by atoms with van der Waals surface area (Å²) in [6.45, 7) is -0.710. The zero-order valence-corrected chi connectivity index (χ0v) is 5.07. The molecule has 0 rings (SSSR count). The highest BCUT2D eigenvalue weighted by atomic mass is 16.3. The third kappa shape index (κ3) is 2.72. The molecule has 7 heteroatoms. The highest BCUT2D eigenvalue weighted by Gasteiger charge is 2.07. The summed E-state index contributed by atoms with van der Waals surface area (Å²) in [6.07, 6.45) is 0.